The van der Waals surface area contributed by atoms with Crippen molar-refractivity contribution in [2.75, 3.05) is 26.8 Å². The number of amides is 1. The molecule has 2 rings (SSSR count). The Balaban J connectivity index is 2.36. The number of hydrogen-bond acceptors (Lipinski definition) is 4. The van der Waals surface area contributed by atoms with Gasteiger partial charge in [0, 0.05) is 38.8 Å². The molecule has 3 atom stereocenters. The average Bonchev–Trinajstić information content (AvgIpc) is 2.84. The fourth-order valence-corrected chi connectivity index (χ4v) is 3.68. The van der Waals surface area contributed by atoms with E-state index in [2.05, 4.69) is 75.2 Å². The van der Waals surface area contributed by atoms with Gasteiger partial charge < -0.3 is 9.64 Å². The van der Waals surface area contributed by atoms with E-state index in [4.69, 9.17) is 9.84 Å². The molecule has 1 aliphatic heterocycles. The number of hydrazone groups is 1. The monoisotopic (exact) mass is 425 g/mol. The first-order chi connectivity index (χ1) is 15.0. The van der Waals surface area contributed by atoms with Crippen LogP contribution in [0.25, 0.3) is 0 Å². The van der Waals surface area contributed by atoms with Crippen LogP contribution in [0.4, 0.5) is 0 Å². The average molecular weight is 426 g/mol. The Labute approximate surface area is 188 Å². The predicted octanol–water partition coefficient (Wildman–Crippen LogP) is 4.90. The van der Waals surface area contributed by atoms with Gasteiger partial charge in [-0.1, -0.05) is 62.4 Å². The number of nitrogens with zero attached hydrogens (tertiary/aromatic N) is 3. The van der Waals surface area contributed by atoms with E-state index in [0.29, 0.717) is 6.54 Å². The third-order valence-electron chi connectivity index (χ3n) is 5.90. The molecule has 1 aromatic rings. The first-order valence-corrected chi connectivity index (χ1v) is 11.5. The second kappa shape index (κ2) is 13.1. The number of benzene rings is 1. The summed E-state index contributed by atoms with van der Waals surface area (Å²) < 4.78 is 5.22. The molecule has 1 amide bonds. The number of carbonyl (C=O) groups is 1. The van der Waals surface area contributed by atoms with Gasteiger partial charge in [0.05, 0.1) is 11.8 Å². The largest absolute Gasteiger partial charge is 0.385 e. The molecule has 1 aromatic carbocycles. The molecule has 170 valence electrons. The van der Waals surface area contributed by atoms with Crippen molar-refractivity contribution in [1.82, 2.24) is 9.91 Å². The summed E-state index contributed by atoms with van der Waals surface area (Å²) in [6, 6.07) is 10.7. The van der Waals surface area contributed by atoms with Crippen LogP contribution in [0.1, 0.15) is 52.5 Å². The highest BCUT2D eigenvalue weighted by Gasteiger charge is 2.19. The number of rotatable bonds is 11. The molecule has 1 aliphatic rings. The summed E-state index contributed by atoms with van der Waals surface area (Å²) in [6.07, 6.45) is 10.6. The standard InChI is InChI=1S/C26H39N3O2/c1-6-22(3)28(20-30)19-24-15-14-21(2)26(25-12-8-7-9-13-25)27-29(23(4)18-24)16-10-11-17-31-5/h7-9,12-15,18,20-23H,6,10-11,16-17,19H2,1-5H3/b15-14-,24-18+,27-26+. The van der Waals surface area contributed by atoms with Crippen LogP contribution in [-0.4, -0.2) is 60.9 Å². The highest BCUT2D eigenvalue weighted by molar-refractivity contribution is 6.03. The summed E-state index contributed by atoms with van der Waals surface area (Å²) in [5, 5.41) is 7.33. The molecule has 0 N–H and O–H groups in total. The van der Waals surface area contributed by atoms with Gasteiger partial charge in [-0.15, -0.1) is 0 Å². The zero-order valence-electron chi connectivity index (χ0n) is 19.8. The second-order valence-corrected chi connectivity index (χ2v) is 8.38. The number of carbonyl (C=O) groups excluding carboxylic acids is 1. The van der Waals surface area contributed by atoms with Crippen LogP contribution in [0.2, 0.25) is 0 Å². The Hall–Kier alpha value is -2.40. The van der Waals surface area contributed by atoms with Crippen molar-refractivity contribution in [2.45, 2.75) is 59.0 Å². The first kappa shape index (κ1) is 24.9. The van der Waals surface area contributed by atoms with E-state index in [1.165, 1.54) is 0 Å². The number of unbranched alkanes of at least 4 members (excludes halogenated alkanes) is 1. The maximum atomic E-state index is 11.7. The van der Waals surface area contributed by atoms with E-state index in [1.807, 2.05) is 11.0 Å². The van der Waals surface area contributed by atoms with Gasteiger partial charge in [-0.05, 0) is 44.2 Å². The molecule has 5 heteroatoms. The molecule has 5 nitrogen and oxygen atoms in total. The molecule has 0 bridgehead atoms. The minimum atomic E-state index is 0.122. The van der Waals surface area contributed by atoms with Crippen LogP contribution < -0.4 is 0 Å². The van der Waals surface area contributed by atoms with Crippen molar-refractivity contribution in [2.24, 2.45) is 11.0 Å². The lowest BCUT2D eigenvalue weighted by Crippen LogP contribution is -2.34. The molecule has 0 aliphatic carbocycles. The zero-order valence-corrected chi connectivity index (χ0v) is 19.8. The summed E-state index contributed by atoms with van der Waals surface area (Å²) in [4.78, 5) is 13.6. The molecule has 0 aromatic heterocycles. The van der Waals surface area contributed by atoms with Crippen LogP contribution in [0, 0.1) is 5.92 Å². The molecule has 0 spiro atoms. The fraction of sp³-hybridized carbons (Fsp3) is 0.538. The SMILES string of the molecule is CCC(C)N(C=O)CC1=C/C(C)N(CCCCOC)/N=C(/c2ccccc2)C(C)/C=C\1. The topological polar surface area (TPSA) is 45.1 Å². The minimum absolute atomic E-state index is 0.122. The Morgan fingerprint density at radius 1 is 1.23 bits per heavy atom. The Morgan fingerprint density at radius 3 is 2.61 bits per heavy atom. The van der Waals surface area contributed by atoms with Crippen LogP contribution >= 0.6 is 0 Å². The summed E-state index contributed by atoms with van der Waals surface area (Å²) in [5.41, 5.74) is 3.36. The molecule has 31 heavy (non-hydrogen) atoms. The predicted molar refractivity (Wildman–Crippen MR) is 129 cm³/mol. The molecule has 0 fully saturated rings. The summed E-state index contributed by atoms with van der Waals surface area (Å²) in [6.45, 7) is 10.8. The van der Waals surface area contributed by atoms with Gasteiger partial charge in [0.15, 0.2) is 0 Å². The van der Waals surface area contributed by atoms with Crippen molar-refractivity contribution in [1.29, 1.82) is 0 Å². The zero-order chi connectivity index (χ0) is 22.6. The van der Waals surface area contributed by atoms with Crippen molar-refractivity contribution in [3.05, 3.63) is 59.7 Å². The van der Waals surface area contributed by atoms with E-state index in [0.717, 1.165) is 55.7 Å². The van der Waals surface area contributed by atoms with Gasteiger partial charge in [-0.3, -0.25) is 9.80 Å². The molecular formula is C26H39N3O2. The number of ether oxygens (including phenoxy) is 1. The fourth-order valence-electron chi connectivity index (χ4n) is 3.68. The van der Waals surface area contributed by atoms with E-state index >= 15 is 0 Å². The van der Waals surface area contributed by atoms with E-state index < -0.39 is 0 Å². The Morgan fingerprint density at radius 2 is 1.97 bits per heavy atom. The minimum Gasteiger partial charge on any atom is -0.385 e. The second-order valence-electron chi connectivity index (χ2n) is 8.38. The normalized spacial score (nSPS) is 24.6. The number of methoxy groups -OCH3 is 1. The smallest absolute Gasteiger partial charge is 0.210 e. The number of hydrogen-bond donors (Lipinski definition) is 0. The van der Waals surface area contributed by atoms with Crippen LogP contribution in [0.5, 0.6) is 0 Å². The van der Waals surface area contributed by atoms with Crippen LogP contribution in [-0.2, 0) is 9.53 Å². The van der Waals surface area contributed by atoms with Gasteiger partial charge in [-0.2, -0.15) is 5.10 Å². The maximum absolute atomic E-state index is 11.7. The molecule has 0 saturated heterocycles. The number of allylic oxidation sites excluding steroid dienone is 1. The van der Waals surface area contributed by atoms with Gasteiger partial charge in [0.2, 0.25) is 6.41 Å². The van der Waals surface area contributed by atoms with E-state index in [9.17, 15) is 4.79 Å². The lowest BCUT2D eigenvalue weighted by molar-refractivity contribution is -0.119. The van der Waals surface area contributed by atoms with Crippen LogP contribution in [0.3, 0.4) is 0 Å². The van der Waals surface area contributed by atoms with Crippen molar-refractivity contribution < 1.29 is 9.53 Å². The molecule has 1 heterocycles. The summed E-state index contributed by atoms with van der Waals surface area (Å²) in [7, 11) is 1.74. The molecule has 0 saturated carbocycles. The lowest BCUT2D eigenvalue weighted by Gasteiger charge is -2.28. The van der Waals surface area contributed by atoms with Crippen LogP contribution in [0.15, 0.2) is 59.2 Å². The lowest BCUT2D eigenvalue weighted by atomic mass is 9.97. The first-order valence-electron chi connectivity index (χ1n) is 11.5. The highest BCUT2D eigenvalue weighted by atomic mass is 16.5. The molecule has 3 unspecified atom stereocenters. The summed E-state index contributed by atoms with van der Waals surface area (Å²) in [5.74, 6) is 0.158. The van der Waals surface area contributed by atoms with Crippen molar-refractivity contribution in [3.8, 4) is 0 Å². The maximum Gasteiger partial charge on any atom is 0.210 e. The third-order valence-corrected chi connectivity index (χ3v) is 5.90. The molecular weight excluding hydrogens is 386 g/mol. The van der Waals surface area contributed by atoms with Gasteiger partial charge in [-0.25, -0.2) is 0 Å². The van der Waals surface area contributed by atoms with Gasteiger partial charge >= 0.3 is 0 Å². The van der Waals surface area contributed by atoms with Crippen molar-refractivity contribution in [3.63, 3.8) is 0 Å². The Bertz CT molecular complexity index is 757. The quantitative estimate of drug-likeness (QED) is 0.374. The van der Waals surface area contributed by atoms with Gasteiger partial charge in [0.1, 0.15) is 0 Å². The van der Waals surface area contributed by atoms with Crippen molar-refractivity contribution >= 4 is 12.1 Å². The third kappa shape index (κ3) is 7.66. The molecule has 0 radical (unpaired) electrons. The van der Waals surface area contributed by atoms with E-state index in [-0.39, 0.29) is 18.0 Å². The Kier molecular flexibility index (Phi) is 10.5. The van der Waals surface area contributed by atoms with E-state index in [1.54, 1.807) is 7.11 Å². The van der Waals surface area contributed by atoms with Gasteiger partial charge in [0.25, 0.3) is 0 Å². The highest BCUT2D eigenvalue weighted by Crippen LogP contribution is 2.20. The summed E-state index contributed by atoms with van der Waals surface area (Å²) >= 11 is 0.